The van der Waals surface area contributed by atoms with E-state index in [1.807, 2.05) is 6.92 Å². The fourth-order valence-corrected chi connectivity index (χ4v) is 1.61. The van der Waals surface area contributed by atoms with E-state index in [0.29, 0.717) is 4.88 Å². The summed E-state index contributed by atoms with van der Waals surface area (Å²) >= 11 is 0.927. The van der Waals surface area contributed by atoms with E-state index in [2.05, 4.69) is 0 Å². The molecule has 4 nitrogen and oxygen atoms in total. The summed E-state index contributed by atoms with van der Waals surface area (Å²) in [5.74, 6) is -1.48. The Morgan fingerprint density at radius 3 is 2.53 bits per heavy atom. The van der Waals surface area contributed by atoms with Crippen LogP contribution in [0.4, 0.5) is 0 Å². The van der Waals surface area contributed by atoms with Gasteiger partial charge < -0.3 is 9.84 Å². The van der Waals surface area contributed by atoms with Gasteiger partial charge in [-0.3, -0.25) is 0 Å². The van der Waals surface area contributed by atoms with Gasteiger partial charge in [-0.1, -0.05) is 6.92 Å². The van der Waals surface area contributed by atoms with E-state index >= 15 is 0 Å². The van der Waals surface area contributed by atoms with Crippen LogP contribution < -0.4 is 0 Å². The maximum atomic E-state index is 11.4. The molecule has 0 saturated carbocycles. The lowest BCUT2D eigenvalue weighted by Crippen LogP contribution is -2.12. The number of carbonyl (C=O) groups is 2. The van der Waals surface area contributed by atoms with Crippen molar-refractivity contribution in [3.63, 3.8) is 0 Å². The number of carboxylic acids is 1. The number of hydrogen-bond acceptors (Lipinski definition) is 4. The first-order chi connectivity index (χ1) is 7.04. The fraction of sp³-hybridized carbons (Fsp3) is 0.400. The van der Waals surface area contributed by atoms with Crippen LogP contribution in [0.3, 0.4) is 0 Å². The molecule has 0 aliphatic carbocycles. The molecule has 0 aromatic carbocycles. The van der Waals surface area contributed by atoms with Crippen molar-refractivity contribution >= 4 is 23.3 Å². The van der Waals surface area contributed by atoms with Crippen LogP contribution in [0.5, 0.6) is 0 Å². The normalized spacial score (nSPS) is 12.1. The molecule has 0 radical (unpaired) electrons. The van der Waals surface area contributed by atoms with E-state index in [1.165, 1.54) is 12.1 Å². The summed E-state index contributed by atoms with van der Waals surface area (Å²) in [6.07, 6.45) is 0.594. The zero-order chi connectivity index (χ0) is 11.4. The first-order valence-electron chi connectivity index (χ1n) is 4.58. The van der Waals surface area contributed by atoms with Gasteiger partial charge in [-0.2, -0.15) is 0 Å². The Morgan fingerprint density at radius 2 is 2.07 bits per heavy atom. The SMILES string of the molecule is CCC(C)OC(=O)c1ccc(C(=O)O)s1. The molecule has 0 spiro atoms. The van der Waals surface area contributed by atoms with Crippen molar-refractivity contribution in [1.82, 2.24) is 0 Å². The van der Waals surface area contributed by atoms with Gasteiger partial charge in [-0.15, -0.1) is 11.3 Å². The van der Waals surface area contributed by atoms with Crippen molar-refractivity contribution < 1.29 is 19.4 Å². The Labute approximate surface area is 91.5 Å². The van der Waals surface area contributed by atoms with Gasteiger partial charge in [0.2, 0.25) is 0 Å². The summed E-state index contributed by atoms with van der Waals surface area (Å²) in [4.78, 5) is 22.5. The average Bonchev–Trinajstić information content (AvgIpc) is 2.66. The highest BCUT2D eigenvalue weighted by Crippen LogP contribution is 2.18. The van der Waals surface area contributed by atoms with Crippen molar-refractivity contribution in [3.05, 3.63) is 21.9 Å². The predicted octanol–water partition coefficient (Wildman–Crippen LogP) is 2.40. The summed E-state index contributed by atoms with van der Waals surface area (Å²) < 4.78 is 5.06. The standard InChI is InChI=1S/C10H12O4S/c1-3-6(2)14-10(13)8-5-4-7(15-8)9(11)12/h4-6H,3H2,1-2H3,(H,11,12). The predicted molar refractivity (Wildman–Crippen MR) is 56.4 cm³/mol. The van der Waals surface area contributed by atoms with Crippen molar-refractivity contribution in [2.75, 3.05) is 0 Å². The summed E-state index contributed by atoms with van der Waals surface area (Å²) in [7, 11) is 0. The van der Waals surface area contributed by atoms with Gasteiger partial charge >= 0.3 is 11.9 Å². The number of ether oxygens (including phenoxy) is 1. The van der Waals surface area contributed by atoms with E-state index in [1.54, 1.807) is 6.92 Å². The second-order valence-corrected chi connectivity index (χ2v) is 4.18. The van der Waals surface area contributed by atoms with E-state index in [0.717, 1.165) is 17.8 Å². The Bertz CT molecular complexity index is 369. The van der Waals surface area contributed by atoms with Gasteiger partial charge in [0.05, 0.1) is 6.10 Å². The maximum absolute atomic E-state index is 11.4. The molecule has 0 saturated heterocycles. The van der Waals surface area contributed by atoms with Crippen LogP contribution in [-0.2, 0) is 4.74 Å². The monoisotopic (exact) mass is 228 g/mol. The lowest BCUT2D eigenvalue weighted by molar-refractivity contribution is 0.0340. The van der Waals surface area contributed by atoms with E-state index < -0.39 is 11.9 Å². The second-order valence-electron chi connectivity index (χ2n) is 3.09. The molecule has 1 N–H and O–H groups in total. The van der Waals surface area contributed by atoms with Gasteiger partial charge in [-0.25, -0.2) is 9.59 Å². The number of aromatic carboxylic acids is 1. The number of carbonyl (C=O) groups excluding carboxylic acids is 1. The summed E-state index contributed by atoms with van der Waals surface area (Å²) in [5.41, 5.74) is 0. The third-order valence-corrected chi connectivity index (χ3v) is 2.95. The molecule has 1 aromatic rings. The largest absolute Gasteiger partial charge is 0.477 e. The molecular formula is C10H12O4S. The molecule has 15 heavy (non-hydrogen) atoms. The number of rotatable bonds is 4. The topological polar surface area (TPSA) is 63.6 Å². The average molecular weight is 228 g/mol. The molecular weight excluding hydrogens is 216 g/mol. The van der Waals surface area contributed by atoms with Crippen molar-refractivity contribution in [1.29, 1.82) is 0 Å². The number of carboxylic acid groups (broad SMARTS) is 1. The molecule has 0 bridgehead atoms. The third-order valence-electron chi connectivity index (χ3n) is 1.90. The highest BCUT2D eigenvalue weighted by Gasteiger charge is 2.15. The zero-order valence-corrected chi connectivity index (χ0v) is 9.34. The summed E-state index contributed by atoms with van der Waals surface area (Å²) in [6, 6.07) is 2.87. The molecule has 82 valence electrons. The van der Waals surface area contributed by atoms with Gasteiger partial charge in [0.15, 0.2) is 0 Å². The first kappa shape index (κ1) is 11.7. The maximum Gasteiger partial charge on any atom is 0.348 e. The molecule has 1 heterocycles. The second kappa shape index (κ2) is 4.93. The number of thiophene rings is 1. The van der Waals surface area contributed by atoms with Crippen LogP contribution in [0.2, 0.25) is 0 Å². The highest BCUT2D eigenvalue weighted by molar-refractivity contribution is 7.15. The molecule has 0 fully saturated rings. The highest BCUT2D eigenvalue weighted by atomic mass is 32.1. The van der Waals surface area contributed by atoms with Crippen LogP contribution in [0.25, 0.3) is 0 Å². The van der Waals surface area contributed by atoms with E-state index in [4.69, 9.17) is 9.84 Å². The van der Waals surface area contributed by atoms with Crippen molar-refractivity contribution in [2.45, 2.75) is 26.4 Å². The van der Waals surface area contributed by atoms with Crippen molar-refractivity contribution in [2.24, 2.45) is 0 Å². The van der Waals surface area contributed by atoms with Crippen LogP contribution in [-0.4, -0.2) is 23.1 Å². The Balaban J connectivity index is 2.70. The Morgan fingerprint density at radius 1 is 1.47 bits per heavy atom. The van der Waals surface area contributed by atoms with Crippen LogP contribution >= 0.6 is 11.3 Å². The minimum atomic E-state index is -1.03. The Kier molecular flexibility index (Phi) is 3.85. The fourth-order valence-electron chi connectivity index (χ4n) is 0.887. The van der Waals surface area contributed by atoms with E-state index in [9.17, 15) is 9.59 Å². The molecule has 1 atom stereocenters. The quantitative estimate of drug-likeness (QED) is 0.804. The molecule has 1 aromatic heterocycles. The first-order valence-corrected chi connectivity index (χ1v) is 5.40. The lowest BCUT2D eigenvalue weighted by Gasteiger charge is -2.08. The van der Waals surface area contributed by atoms with Crippen molar-refractivity contribution in [3.8, 4) is 0 Å². The van der Waals surface area contributed by atoms with E-state index in [-0.39, 0.29) is 11.0 Å². The molecule has 0 aliphatic heterocycles. The lowest BCUT2D eigenvalue weighted by atomic mass is 10.3. The smallest absolute Gasteiger partial charge is 0.348 e. The van der Waals surface area contributed by atoms with Crippen LogP contribution in [0.15, 0.2) is 12.1 Å². The van der Waals surface area contributed by atoms with Crippen LogP contribution in [0.1, 0.15) is 39.6 Å². The summed E-state index contributed by atoms with van der Waals surface area (Å²) in [5, 5.41) is 8.67. The summed E-state index contributed by atoms with van der Waals surface area (Å²) in [6.45, 7) is 3.71. The van der Waals surface area contributed by atoms with Gasteiger partial charge in [0, 0.05) is 0 Å². The van der Waals surface area contributed by atoms with Gasteiger partial charge in [0.1, 0.15) is 9.75 Å². The zero-order valence-electron chi connectivity index (χ0n) is 8.52. The van der Waals surface area contributed by atoms with Crippen LogP contribution in [0, 0.1) is 0 Å². The molecule has 0 amide bonds. The van der Waals surface area contributed by atoms with Gasteiger partial charge in [0.25, 0.3) is 0 Å². The molecule has 1 unspecified atom stereocenters. The Hall–Kier alpha value is -1.36. The third kappa shape index (κ3) is 3.06. The number of esters is 1. The molecule has 1 rings (SSSR count). The number of hydrogen-bond donors (Lipinski definition) is 1. The minimum Gasteiger partial charge on any atom is -0.477 e. The minimum absolute atomic E-state index is 0.145. The van der Waals surface area contributed by atoms with Gasteiger partial charge in [-0.05, 0) is 25.5 Å². The molecule has 0 aliphatic rings. The molecule has 5 heteroatoms.